The van der Waals surface area contributed by atoms with Crippen LogP contribution in [0.5, 0.6) is 0 Å². The molecule has 0 radical (unpaired) electrons. The molecular weight excluding hydrogens is 372 g/mol. The Bertz CT molecular complexity index is 1040. The molecule has 29 heavy (non-hydrogen) atoms. The van der Waals surface area contributed by atoms with Crippen molar-refractivity contribution in [2.24, 2.45) is 10.7 Å². The summed E-state index contributed by atoms with van der Waals surface area (Å²) in [5.74, 6) is 1.57. The first-order chi connectivity index (χ1) is 13.8. The molecule has 1 atom stereocenters. The third kappa shape index (κ3) is 3.85. The van der Waals surface area contributed by atoms with E-state index in [1.165, 1.54) is 0 Å². The largest absolute Gasteiger partial charge is 0.446 e. The fourth-order valence-corrected chi connectivity index (χ4v) is 2.89. The first-order valence-corrected chi connectivity index (χ1v) is 9.12. The highest BCUT2D eigenvalue weighted by Gasteiger charge is 2.24. The van der Waals surface area contributed by atoms with Gasteiger partial charge in [0.1, 0.15) is 18.3 Å². The van der Waals surface area contributed by atoms with E-state index in [0.717, 1.165) is 11.3 Å². The molecule has 9 heteroatoms. The predicted octanol–water partition coefficient (Wildman–Crippen LogP) is 4.35. The lowest BCUT2D eigenvalue weighted by Gasteiger charge is -2.29. The summed E-state index contributed by atoms with van der Waals surface area (Å²) in [5, 5.41) is 9.29. The van der Waals surface area contributed by atoms with Crippen LogP contribution in [0.25, 0.3) is 0 Å². The Morgan fingerprint density at radius 3 is 2.62 bits per heavy atom. The van der Waals surface area contributed by atoms with Crippen LogP contribution in [0.1, 0.15) is 38.3 Å². The first kappa shape index (κ1) is 18.8. The van der Waals surface area contributed by atoms with Crippen molar-refractivity contribution in [3.63, 3.8) is 0 Å². The monoisotopic (exact) mass is 394 g/mol. The Labute approximate surface area is 167 Å². The summed E-state index contributed by atoms with van der Waals surface area (Å²) in [6, 6.07) is 10.4. The van der Waals surface area contributed by atoms with E-state index in [4.69, 9.17) is 14.7 Å². The van der Waals surface area contributed by atoms with E-state index < -0.39 is 12.2 Å². The Morgan fingerprint density at radius 2 is 1.93 bits per heavy atom. The number of hydrogen-bond donors (Lipinski definition) is 3. The van der Waals surface area contributed by atoms with Gasteiger partial charge in [-0.05, 0) is 30.3 Å². The topological polar surface area (TPSA) is 122 Å². The highest BCUT2D eigenvalue weighted by Crippen LogP contribution is 2.34. The third-order valence-corrected chi connectivity index (χ3v) is 4.51. The summed E-state index contributed by atoms with van der Waals surface area (Å²) in [4.78, 5) is 18.3. The van der Waals surface area contributed by atoms with Crippen molar-refractivity contribution < 1.29 is 13.7 Å². The number of nitrogens with one attached hydrogen (secondary N) is 2. The molecule has 0 bridgehead atoms. The highest BCUT2D eigenvalue weighted by atomic mass is 16.5. The molecule has 4 rings (SSSR count). The molecule has 2 amide bonds. The molecule has 1 unspecified atom stereocenters. The first-order valence-electron chi connectivity index (χ1n) is 9.12. The number of anilines is 3. The van der Waals surface area contributed by atoms with E-state index in [0.29, 0.717) is 23.1 Å². The molecule has 1 aliphatic rings. The second kappa shape index (κ2) is 7.10. The van der Waals surface area contributed by atoms with Gasteiger partial charge >= 0.3 is 6.03 Å². The average Bonchev–Trinajstić information content (AvgIpc) is 3.32. The van der Waals surface area contributed by atoms with Crippen LogP contribution in [-0.4, -0.2) is 17.5 Å². The molecule has 0 aliphatic carbocycles. The Morgan fingerprint density at radius 1 is 1.17 bits per heavy atom. The van der Waals surface area contributed by atoms with Gasteiger partial charge in [-0.2, -0.15) is 0 Å². The van der Waals surface area contributed by atoms with Gasteiger partial charge in [0.15, 0.2) is 5.82 Å². The highest BCUT2D eigenvalue weighted by molar-refractivity contribution is 5.99. The number of nitrogens with two attached hydrogens (primary N) is 1. The zero-order valence-corrected chi connectivity index (χ0v) is 16.3. The van der Waals surface area contributed by atoms with E-state index in [1.807, 2.05) is 37.8 Å². The molecule has 1 aromatic carbocycles. The van der Waals surface area contributed by atoms with Crippen LogP contribution in [0.15, 0.2) is 56.6 Å². The maximum Gasteiger partial charge on any atom is 0.324 e. The molecule has 2 aromatic heterocycles. The normalized spacial score (nSPS) is 15.9. The minimum absolute atomic E-state index is 0.185. The lowest BCUT2D eigenvalue weighted by molar-refractivity contribution is 0.262. The summed E-state index contributed by atoms with van der Waals surface area (Å²) < 4.78 is 10.5. The van der Waals surface area contributed by atoms with Crippen LogP contribution in [0.4, 0.5) is 27.9 Å². The molecule has 1 aliphatic heterocycles. The van der Waals surface area contributed by atoms with Crippen LogP contribution in [0, 0.1) is 0 Å². The van der Waals surface area contributed by atoms with Gasteiger partial charge in [-0.25, -0.2) is 9.79 Å². The third-order valence-electron chi connectivity index (χ3n) is 4.51. The number of aliphatic imine (C=N–C) groups is 1. The maximum atomic E-state index is 12.2. The number of amides is 2. The number of benzene rings is 1. The Kier molecular flexibility index (Phi) is 4.59. The molecule has 150 valence electrons. The van der Waals surface area contributed by atoms with Crippen molar-refractivity contribution in [2.45, 2.75) is 32.4 Å². The van der Waals surface area contributed by atoms with Crippen molar-refractivity contribution in [3.05, 3.63) is 54.0 Å². The zero-order chi connectivity index (χ0) is 20.6. The van der Waals surface area contributed by atoms with Gasteiger partial charge < -0.3 is 24.9 Å². The maximum absolute atomic E-state index is 12.2. The number of furan rings is 1. The number of aromatic nitrogens is 1. The lowest BCUT2D eigenvalue weighted by Crippen LogP contribution is -2.35. The lowest BCUT2D eigenvalue weighted by atomic mass is 9.93. The van der Waals surface area contributed by atoms with Crippen LogP contribution >= 0.6 is 0 Å². The summed E-state index contributed by atoms with van der Waals surface area (Å²) >= 11 is 0. The Hall–Kier alpha value is -3.59. The molecule has 0 saturated heterocycles. The summed E-state index contributed by atoms with van der Waals surface area (Å²) in [7, 11) is 0. The average molecular weight is 394 g/mol. The number of nitrogens with zero attached hydrogens (tertiary/aromatic N) is 3. The molecule has 3 aromatic rings. The van der Waals surface area contributed by atoms with Crippen LogP contribution in [0.2, 0.25) is 0 Å². The quantitative estimate of drug-likeness (QED) is 0.607. The molecule has 0 fully saturated rings. The van der Waals surface area contributed by atoms with Gasteiger partial charge in [-0.15, -0.1) is 0 Å². The number of fused-ring (bicyclic) bond motifs is 1. The van der Waals surface area contributed by atoms with Crippen molar-refractivity contribution in [2.75, 3.05) is 15.5 Å². The van der Waals surface area contributed by atoms with Gasteiger partial charge in [-0.3, -0.25) is 5.32 Å². The minimum atomic E-state index is -0.411. The summed E-state index contributed by atoms with van der Waals surface area (Å²) in [5.41, 5.74) is 8.37. The van der Waals surface area contributed by atoms with Gasteiger partial charge in [0, 0.05) is 22.9 Å². The van der Waals surface area contributed by atoms with E-state index >= 15 is 0 Å². The minimum Gasteiger partial charge on any atom is -0.446 e. The van der Waals surface area contributed by atoms with Crippen LogP contribution < -0.4 is 21.3 Å². The number of carbonyl (C=O) groups is 1. The molecule has 9 nitrogen and oxygen atoms in total. The fraction of sp³-hybridized carbons (Fsp3) is 0.250. The second-order valence-electron chi connectivity index (χ2n) is 7.73. The van der Waals surface area contributed by atoms with E-state index in [9.17, 15) is 4.79 Å². The summed E-state index contributed by atoms with van der Waals surface area (Å²) in [6.07, 6.45) is 2.80. The molecule has 4 N–H and O–H groups in total. The number of hydrogen-bond acceptors (Lipinski definition) is 7. The van der Waals surface area contributed by atoms with Gasteiger partial charge in [0.05, 0.1) is 11.8 Å². The second-order valence-corrected chi connectivity index (χ2v) is 7.73. The van der Waals surface area contributed by atoms with Crippen molar-refractivity contribution in [3.8, 4) is 0 Å². The SMILES string of the molecule is CC(C)(C)c1cc(NC(=O)Nc2ccc(N3C=Nc4occc4C3N)cc2)no1. The molecule has 0 spiro atoms. The van der Waals surface area contributed by atoms with Crippen molar-refractivity contribution in [1.82, 2.24) is 5.16 Å². The number of urea groups is 1. The van der Waals surface area contributed by atoms with E-state index in [-0.39, 0.29) is 5.41 Å². The number of carbonyl (C=O) groups excluding carboxylic acids is 1. The van der Waals surface area contributed by atoms with Gasteiger partial charge in [0.2, 0.25) is 5.88 Å². The fourth-order valence-electron chi connectivity index (χ4n) is 2.89. The van der Waals surface area contributed by atoms with E-state index in [1.54, 1.807) is 36.9 Å². The standard InChI is InChI=1S/C20H22N6O3/c1-20(2,3)15-10-16(25-29-15)24-19(27)23-12-4-6-13(7-5-12)26-11-22-18-14(17(26)21)8-9-28-18/h4-11,17H,21H2,1-3H3,(H2,23,24,25,27). The molecular formula is C20H22N6O3. The van der Waals surface area contributed by atoms with Crippen molar-refractivity contribution in [1.29, 1.82) is 0 Å². The smallest absolute Gasteiger partial charge is 0.324 e. The van der Waals surface area contributed by atoms with Crippen LogP contribution in [-0.2, 0) is 5.41 Å². The summed E-state index contributed by atoms with van der Waals surface area (Å²) in [6.45, 7) is 6.02. The van der Waals surface area contributed by atoms with E-state index in [2.05, 4.69) is 20.8 Å². The predicted molar refractivity (Wildman–Crippen MR) is 111 cm³/mol. The Balaban J connectivity index is 1.40. The molecule has 3 heterocycles. The molecule has 0 saturated carbocycles. The number of rotatable bonds is 3. The van der Waals surface area contributed by atoms with Gasteiger partial charge in [0.25, 0.3) is 0 Å². The zero-order valence-electron chi connectivity index (χ0n) is 16.3. The van der Waals surface area contributed by atoms with Crippen molar-refractivity contribution >= 4 is 35.4 Å². The van der Waals surface area contributed by atoms with Crippen LogP contribution in [0.3, 0.4) is 0 Å². The van der Waals surface area contributed by atoms with Gasteiger partial charge in [-0.1, -0.05) is 25.9 Å².